The quantitative estimate of drug-likeness (QED) is 0.772. The molecule has 0 aliphatic carbocycles. The number of anilines is 1. The molecule has 7 nitrogen and oxygen atoms in total. The van der Waals surface area contributed by atoms with Crippen molar-refractivity contribution in [2.75, 3.05) is 32.1 Å². The number of benzene rings is 1. The van der Waals surface area contributed by atoms with Crippen molar-refractivity contribution in [3.05, 3.63) is 23.8 Å². The molecular formula is C18H27N3O4. The molecule has 1 aliphatic rings. The molecule has 0 radical (unpaired) electrons. The molecule has 1 aliphatic heterocycles. The van der Waals surface area contributed by atoms with E-state index in [1.807, 2.05) is 18.2 Å². The molecule has 0 saturated carbocycles. The van der Waals surface area contributed by atoms with Gasteiger partial charge in [0, 0.05) is 19.7 Å². The summed E-state index contributed by atoms with van der Waals surface area (Å²) in [6, 6.07) is 4.64. The van der Waals surface area contributed by atoms with Crippen molar-refractivity contribution in [1.82, 2.24) is 10.2 Å². The maximum atomic E-state index is 12.7. The summed E-state index contributed by atoms with van der Waals surface area (Å²) in [6.45, 7) is 6.90. The van der Waals surface area contributed by atoms with Crippen LogP contribution in [0.25, 0.3) is 0 Å². The van der Waals surface area contributed by atoms with E-state index < -0.39 is 6.04 Å². The Morgan fingerprint density at radius 2 is 2.16 bits per heavy atom. The number of urea groups is 1. The summed E-state index contributed by atoms with van der Waals surface area (Å²) < 4.78 is 5.34. The Hall–Kier alpha value is -2.28. The van der Waals surface area contributed by atoms with E-state index in [1.54, 1.807) is 7.11 Å². The number of nitrogens with one attached hydrogen (secondary N) is 2. The smallest absolute Gasteiger partial charge is 0.322 e. The minimum atomic E-state index is -0.671. The number of ether oxygens (including phenoxy) is 1. The van der Waals surface area contributed by atoms with Gasteiger partial charge in [0.2, 0.25) is 5.91 Å². The summed E-state index contributed by atoms with van der Waals surface area (Å²) in [5, 5.41) is 14.7. The summed E-state index contributed by atoms with van der Waals surface area (Å²) in [7, 11) is 1.55. The summed E-state index contributed by atoms with van der Waals surface area (Å²) in [5.74, 6) is 0.312. The predicted molar refractivity (Wildman–Crippen MR) is 95.9 cm³/mol. The Kier molecular flexibility index (Phi) is 5.89. The van der Waals surface area contributed by atoms with Crippen LogP contribution in [0.4, 0.5) is 10.5 Å². The van der Waals surface area contributed by atoms with Crippen LogP contribution in [0.5, 0.6) is 5.75 Å². The number of hydrogen-bond donors (Lipinski definition) is 3. The van der Waals surface area contributed by atoms with Crippen molar-refractivity contribution in [3.63, 3.8) is 0 Å². The fraction of sp³-hybridized carbons (Fsp3) is 0.556. The van der Waals surface area contributed by atoms with Gasteiger partial charge >= 0.3 is 6.03 Å². The molecule has 1 aromatic carbocycles. The molecule has 138 valence electrons. The molecule has 7 heteroatoms. The van der Waals surface area contributed by atoms with E-state index in [1.165, 1.54) is 4.90 Å². The van der Waals surface area contributed by atoms with E-state index in [-0.39, 0.29) is 30.4 Å². The lowest BCUT2D eigenvalue weighted by atomic mass is 9.87. The zero-order chi connectivity index (χ0) is 18.6. The van der Waals surface area contributed by atoms with Crippen LogP contribution in [0.15, 0.2) is 18.2 Å². The van der Waals surface area contributed by atoms with Crippen LogP contribution in [0.3, 0.4) is 0 Å². The number of aliphatic hydroxyl groups is 1. The van der Waals surface area contributed by atoms with Gasteiger partial charge in [-0.3, -0.25) is 4.79 Å². The number of aliphatic hydroxyl groups excluding tert-OH is 1. The Morgan fingerprint density at radius 1 is 1.44 bits per heavy atom. The molecule has 0 unspecified atom stereocenters. The highest BCUT2D eigenvalue weighted by Crippen LogP contribution is 2.31. The third-order valence-corrected chi connectivity index (χ3v) is 4.30. The lowest BCUT2D eigenvalue weighted by molar-refractivity contribution is -0.128. The molecule has 1 saturated heterocycles. The first kappa shape index (κ1) is 19.1. The van der Waals surface area contributed by atoms with Gasteiger partial charge in [0.05, 0.1) is 12.8 Å². The van der Waals surface area contributed by atoms with Gasteiger partial charge in [0.25, 0.3) is 0 Å². The highest BCUT2D eigenvalue weighted by atomic mass is 16.5. The van der Waals surface area contributed by atoms with Crippen LogP contribution in [-0.4, -0.2) is 54.8 Å². The maximum Gasteiger partial charge on any atom is 0.322 e. The molecule has 3 amide bonds. The Bertz CT molecular complexity index is 640. The number of carbonyl (C=O) groups excluding carboxylic acids is 2. The van der Waals surface area contributed by atoms with Gasteiger partial charge in [-0.1, -0.05) is 26.8 Å². The lowest BCUT2D eigenvalue weighted by Gasteiger charge is -2.35. The molecule has 3 N–H and O–H groups in total. The highest BCUT2D eigenvalue weighted by molar-refractivity contribution is 5.95. The number of carbonyl (C=O) groups is 2. The van der Waals surface area contributed by atoms with Crippen molar-refractivity contribution in [2.45, 2.75) is 38.6 Å². The van der Waals surface area contributed by atoms with E-state index in [4.69, 9.17) is 4.74 Å². The van der Waals surface area contributed by atoms with E-state index in [0.29, 0.717) is 24.5 Å². The maximum absolute atomic E-state index is 12.7. The fourth-order valence-corrected chi connectivity index (χ4v) is 2.83. The van der Waals surface area contributed by atoms with Crippen LogP contribution >= 0.6 is 0 Å². The number of nitrogens with zero attached hydrogens (tertiary/aromatic N) is 1. The second kappa shape index (κ2) is 7.74. The normalized spacial score (nSPS) is 17.9. The van der Waals surface area contributed by atoms with Crippen molar-refractivity contribution >= 4 is 17.6 Å². The molecule has 2 rings (SSSR count). The first-order valence-electron chi connectivity index (χ1n) is 8.42. The number of piperazine rings is 1. The molecule has 0 spiro atoms. The van der Waals surface area contributed by atoms with Crippen LogP contribution in [-0.2, 0) is 10.2 Å². The monoisotopic (exact) mass is 349 g/mol. The van der Waals surface area contributed by atoms with Gasteiger partial charge in [0.15, 0.2) is 0 Å². The van der Waals surface area contributed by atoms with Crippen molar-refractivity contribution in [1.29, 1.82) is 0 Å². The zero-order valence-electron chi connectivity index (χ0n) is 15.3. The highest BCUT2D eigenvalue weighted by Gasteiger charge is 2.33. The number of amides is 3. The zero-order valence-corrected chi connectivity index (χ0v) is 15.3. The standard InChI is InChI=1S/C18H27N3O4/c1-18(2,3)12-5-6-15(25-4)13(11-12)20-17(24)21-9-8-19-16(23)14(21)7-10-22/h5-6,11,14,22H,7-10H2,1-4H3,(H,19,23)(H,20,24)/t14-/m1/s1. The van der Waals surface area contributed by atoms with Gasteiger partial charge < -0.3 is 25.4 Å². The molecule has 1 aromatic rings. The largest absolute Gasteiger partial charge is 0.495 e. The van der Waals surface area contributed by atoms with Crippen molar-refractivity contribution < 1.29 is 19.4 Å². The second-order valence-corrected chi connectivity index (χ2v) is 7.11. The summed E-state index contributed by atoms with van der Waals surface area (Å²) >= 11 is 0. The summed E-state index contributed by atoms with van der Waals surface area (Å²) in [6.07, 6.45) is 0.207. The van der Waals surface area contributed by atoms with Gasteiger partial charge in [0.1, 0.15) is 11.8 Å². The predicted octanol–water partition coefficient (Wildman–Crippen LogP) is 1.71. The lowest BCUT2D eigenvalue weighted by Crippen LogP contribution is -2.58. The average Bonchev–Trinajstić information content (AvgIpc) is 2.56. The SMILES string of the molecule is COc1ccc(C(C)(C)C)cc1NC(=O)N1CCNC(=O)[C@H]1CCO. The summed E-state index contributed by atoms with van der Waals surface area (Å²) in [4.78, 5) is 26.2. The first-order chi connectivity index (χ1) is 11.8. The average molecular weight is 349 g/mol. The first-order valence-corrected chi connectivity index (χ1v) is 8.42. The number of methoxy groups -OCH3 is 1. The van der Waals surface area contributed by atoms with Gasteiger partial charge in [-0.05, 0) is 29.5 Å². The minimum Gasteiger partial charge on any atom is -0.495 e. The Morgan fingerprint density at radius 3 is 2.76 bits per heavy atom. The molecule has 1 fully saturated rings. The van der Waals surface area contributed by atoms with E-state index >= 15 is 0 Å². The second-order valence-electron chi connectivity index (χ2n) is 7.11. The van der Waals surface area contributed by atoms with Crippen LogP contribution in [0.1, 0.15) is 32.8 Å². The van der Waals surface area contributed by atoms with Crippen LogP contribution in [0, 0.1) is 0 Å². The molecule has 0 bridgehead atoms. The topological polar surface area (TPSA) is 90.9 Å². The molecule has 0 aromatic heterocycles. The van der Waals surface area contributed by atoms with Crippen molar-refractivity contribution in [2.24, 2.45) is 0 Å². The third-order valence-electron chi connectivity index (χ3n) is 4.30. The Labute approximate surface area is 148 Å². The van der Waals surface area contributed by atoms with E-state index in [2.05, 4.69) is 31.4 Å². The van der Waals surface area contributed by atoms with Crippen LogP contribution in [0.2, 0.25) is 0 Å². The van der Waals surface area contributed by atoms with Gasteiger partial charge in [-0.2, -0.15) is 0 Å². The van der Waals surface area contributed by atoms with E-state index in [0.717, 1.165) is 5.56 Å². The number of rotatable bonds is 4. The minimum absolute atomic E-state index is 0.0732. The van der Waals surface area contributed by atoms with Crippen LogP contribution < -0.4 is 15.4 Å². The number of hydrogen-bond acceptors (Lipinski definition) is 4. The molecule has 25 heavy (non-hydrogen) atoms. The van der Waals surface area contributed by atoms with Gasteiger partial charge in [-0.25, -0.2) is 4.79 Å². The fourth-order valence-electron chi connectivity index (χ4n) is 2.83. The molecule has 1 atom stereocenters. The van der Waals surface area contributed by atoms with Crippen molar-refractivity contribution in [3.8, 4) is 5.75 Å². The third kappa shape index (κ3) is 4.42. The van der Waals surface area contributed by atoms with E-state index in [9.17, 15) is 14.7 Å². The summed E-state index contributed by atoms with van der Waals surface area (Å²) in [5.41, 5.74) is 1.55. The molecule has 1 heterocycles. The van der Waals surface area contributed by atoms with Gasteiger partial charge in [-0.15, -0.1) is 0 Å². The molecular weight excluding hydrogens is 322 g/mol. The Balaban J connectivity index is 2.25.